The maximum atomic E-state index is 13.4. The maximum absolute atomic E-state index is 13.4. The number of halogens is 1. The zero-order valence-electron chi connectivity index (χ0n) is 9.38. The number of aromatic nitrogens is 1. The Morgan fingerprint density at radius 3 is 3.00 bits per heavy atom. The van der Waals surface area contributed by atoms with Gasteiger partial charge in [0.05, 0.1) is 18.8 Å². The first kappa shape index (κ1) is 12.4. The third kappa shape index (κ3) is 2.30. The van der Waals surface area contributed by atoms with E-state index in [1.54, 1.807) is 0 Å². The number of morpholine rings is 1. The molecular formula is C11H11FN2O4. The molecule has 1 atom stereocenters. The van der Waals surface area contributed by atoms with E-state index < -0.39 is 23.9 Å². The van der Waals surface area contributed by atoms with Gasteiger partial charge in [0.25, 0.3) is 5.91 Å². The Hall–Kier alpha value is -2.02. The summed E-state index contributed by atoms with van der Waals surface area (Å²) >= 11 is 0. The monoisotopic (exact) mass is 254 g/mol. The molecule has 0 aromatic carbocycles. The summed E-state index contributed by atoms with van der Waals surface area (Å²) < 4.78 is 18.4. The molecule has 7 heteroatoms. The van der Waals surface area contributed by atoms with Crippen molar-refractivity contribution in [3.63, 3.8) is 0 Å². The molecule has 0 spiro atoms. The molecular weight excluding hydrogens is 243 g/mol. The van der Waals surface area contributed by atoms with Gasteiger partial charge in [-0.15, -0.1) is 0 Å². The van der Waals surface area contributed by atoms with Crippen LogP contribution in [0, 0.1) is 5.95 Å². The topological polar surface area (TPSA) is 79.7 Å². The van der Waals surface area contributed by atoms with Gasteiger partial charge < -0.3 is 14.7 Å². The summed E-state index contributed by atoms with van der Waals surface area (Å²) in [4.78, 5) is 27.5. The van der Waals surface area contributed by atoms with Crippen LogP contribution in [0.3, 0.4) is 0 Å². The Bertz CT molecular complexity index is 480. The number of amides is 1. The van der Waals surface area contributed by atoms with Crippen LogP contribution in [0.2, 0.25) is 0 Å². The van der Waals surface area contributed by atoms with Crippen molar-refractivity contribution in [2.45, 2.75) is 6.04 Å². The van der Waals surface area contributed by atoms with E-state index in [4.69, 9.17) is 9.84 Å². The Morgan fingerprint density at radius 2 is 2.33 bits per heavy atom. The minimum Gasteiger partial charge on any atom is -0.480 e. The van der Waals surface area contributed by atoms with Crippen molar-refractivity contribution in [1.29, 1.82) is 0 Å². The first-order chi connectivity index (χ1) is 8.61. The molecule has 1 N–H and O–H groups in total. The molecule has 1 amide bonds. The standard InChI is InChI=1S/C11H11FN2O4/c12-9-7(2-1-3-13-9)10(15)14-4-5-18-6-8(14)11(16)17/h1-3,8H,4-6H2,(H,16,17). The van der Waals surface area contributed by atoms with Gasteiger partial charge in [-0.25, -0.2) is 9.78 Å². The number of hydrogen-bond donors (Lipinski definition) is 1. The molecule has 0 bridgehead atoms. The molecule has 2 rings (SSSR count). The summed E-state index contributed by atoms with van der Waals surface area (Å²) in [5, 5.41) is 8.99. The smallest absolute Gasteiger partial charge is 0.328 e. The van der Waals surface area contributed by atoms with E-state index in [1.165, 1.54) is 18.3 Å². The van der Waals surface area contributed by atoms with Crippen LogP contribution >= 0.6 is 0 Å². The Morgan fingerprint density at radius 1 is 1.56 bits per heavy atom. The second kappa shape index (κ2) is 5.09. The largest absolute Gasteiger partial charge is 0.480 e. The van der Waals surface area contributed by atoms with Crippen LogP contribution in [-0.4, -0.2) is 52.7 Å². The number of rotatable bonds is 2. The lowest BCUT2D eigenvalue weighted by Crippen LogP contribution is -2.52. The van der Waals surface area contributed by atoms with E-state index in [0.29, 0.717) is 0 Å². The zero-order chi connectivity index (χ0) is 13.1. The van der Waals surface area contributed by atoms with Crippen LogP contribution < -0.4 is 0 Å². The molecule has 1 aliphatic rings. The fourth-order valence-corrected chi connectivity index (χ4v) is 1.75. The van der Waals surface area contributed by atoms with E-state index in [2.05, 4.69) is 4.98 Å². The highest BCUT2D eigenvalue weighted by molar-refractivity contribution is 5.96. The average molecular weight is 254 g/mol. The molecule has 1 fully saturated rings. The first-order valence-corrected chi connectivity index (χ1v) is 5.33. The van der Waals surface area contributed by atoms with Crippen LogP contribution in [-0.2, 0) is 9.53 Å². The lowest BCUT2D eigenvalue weighted by Gasteiger charge is -2.32. The number of carbonyl (C=O) groups is 2. The zero-order valence-corrected chi connectivity index (χ0v) is 9.38. The van der Waals surface area contributed by atoms with Crippen molar-refractivity contribution in [3.8, 4) is 0 Å². The minimum atomic E-state index is -1.17. The van der Waals surface area contributed by atoms with Crippen molar-refractivity contribution in [2.24, 2.45) is 0 Å². The maximum Gasteiger partial charge on any atom is 0.328 e. The summed E-state index contributed by atoms with van der Waals surface area (Å²) in [5.74, 6) is -2.76. The molecule has 1 aromatic rings. The lowest BCUT2D eigenvalue weighted by molar-refractivity contribution is -0.147. The van der Waals surface area contributed by atoms with E-state index in [1.807, 2.05) is 0 Å². The molecule has 96 valence electrons. The number of carboxylic acids is 1. The average Bonchev–Trinajstić information content (AvgIpc) is 2.38. The number of ether oxygens (including phenoxy) is 1. The van der Waals surface area contributed by atoms with Crippen LogP contribution in [0.15, 0.2) is 18.3 Å². The summed E-state index contributed by atoms with van der Waals surface area (Å²) in [5.41, 5.74) is -0.231. The molecule has 1 aliphatic heterocycles. The van der Waals surface area contributed by atoms with Gasteiger partial charge in [0.15, 0.2) is 6.04 Å². The van der Waals surface area contributed by atoms with Crippen molar-refractivity contribution >= 4 is 11.9 Å². The number of carbonyl (C=O) groups excluding carboxylic acids is 1. The normalized spacial score (nSPS) is 19.6. The van der Waals surface area contributed by atoms with Crippen molar-refractivity contribution in [3.05, 3.63) is 29.8 Å². The second-order valence-electron chi connectivity index (χ2n) is 3.77. The highest BCUT2D eigenvalue weighted by Gasteiger charge is 2.34. The summed E-state index contributed by atoms with van der Waals surface area (Å²) in [6.45, 7) is 0.254. The number of carboxylic acid groups (broad SMARTS) is 1. The Kier molecular flexibility index (Phi) is 3.52. The van der Waals surface area contributed by atoms with Gasteiger partial charge in [-0.1, -0.05) is 0 Å². The number of hydrogen-bond acceptors (Lipinski definition) is 4. The van der Waals surface area contributed by atoms with Crippen LogP contribution in [0.5, 0.6) is 0 Å². The molecule has 18 heavy (non-hydrogen) atoms. The summed E-state index contributed by atoms with van der Waals surface area (Å²) in [6, 6.07) is 1.61. The number of aliphatic carboxylic acids is 1. The Balaban J connectivity index is 2.27. The fourth-order valence-electron chi connectivity index (χ4n) is 1.75. The van der Waals surface area contributed by atoms with Crippen LogP contribution in [0.4, 0.5) is 4.39 Å². The van der Waals surface area contributed by atoms with Crippen LogP contribution in [0.25, 0.3) is 0 Å². The van der Waals surface area contributed by atoms with Gasteiger partial charge in [-0.05, 0) is 12.1 Å². The second-order valence-corrected chi connectivity index (χ2v) is 3.77. The molecule has 1 unspecified atom stereocenters. The molecule has 1 aromatic heterocycles. The van der Waals surface area contributed by atoms with Crippen molar-refractivity contribution < 1.29 is 23.8 Å². The molecule has 1 saturated heterocycles. The van der Waals surface area contributed by atoms with Crippen molar-refractivity contribution in [2.75, 3.05) is 19.8 Å². The van der Waals surface area contributed by atoms with E-state index in [-0.39, 0.29) is 25.3 Å². The van der Waals surface area contributed by atoms with Gasteiger partial charge in [-0.2, -0.15) is 4.39 Å². The predicted octanol–water partition coefficient (Wildman–Crippen LogP) is 0.146. The van der Waals surface area contributed by atoms with E-state index in [0.717, 1.165) is 4.90 Å². The summed E-state index contributed by atoms with van der Waals surface area (Å²) in [6.07, 6.45) is 1.22. The molecule has 2 heterocycles. The van der Waals surface area contributed by atoms with Gasteiger partial charge in [0.1, 0.15) is 0 Å². The lowest BCUT2D eigenvalue weighted by atomic mass is 10.1. The number of pyridine rings is 1. The molecule has 0 radical (unpaired) electrons. The Labute approximate surface area is 102 Å². The fraction of sp³-hybridized carbons (Fsp3) is 0.364. The van der Waals surface area contributed by atoms with E-state index in [9.17, 15) is 14.0 Å². The van der Waals surface area contributed by atoms with Gasteiger partial charge in [0, 0.05) is 12.7 Å². The SMILES string of the molecule is O=C(O)C1COCCN1C(=O)c1cccnc1F. The van der Waals surface area contributed by atoms with E-state index >= 15 is 0 Å². The third-order valence-electron chi connectivity index (χ3n) is 2.66. The minimum absolute atomic E-state index is 0.0943. The van der Waals surface area contributed by atoms with Gasteiger partial charge >= 0.3 is 5.97 Å². The highest BCUT2D eigenvalue weighted by atomic mass is 19.1. The molecule has 0 aliphatic carbocycles. The predicted molar refractivity (Wildman–Crippen MR) is 57.5 cm³/mol. The highest BCUT2D eigenvalue weighted by Crippen LogP contribution is 2.14. The first-order valence-electron chi connectivity index (χ1n) is 5.33. The van der Waals surface area contributed by atoms with Gasteiger partial charge in [-0.3, -0.25) is 4.79 Å². The summed E-state index contributed by atoms with van der Waals surface area (Å²) in [7, 11) is 0. The third-order valence-corrected chi connectivity index (χ3v) is 2.66. The quantitative estimate of drug-likeness (QED) is 0.760. The van der Waals surface area contributed by atoms with Crippen molar-refractivity contribution in [1.82, 2.24) is 9.88 Å². The van der Waals surface area contributed by atoms with Crippen LogP contribution in [0.1, 0.15) is 10.4 Å². The molecule has 0 saturated carbocycles. The number of nitrogens with zero attached hydrogens (tertiary/aromatic N) is 2. The molecule has 6 nitrogen and oxygen atoms in total. The van der Waals surface area contributed by atoms with Gasteiger partial charge in [0.2, 0.25) is 5.95 Å².